The molecule has 1 saturated carbocycles. The van der Waals surface area contributed by atoms with E-state index in [1.54, 1.807) is 0 Å². The van der Waals surface area contributed by atoms with Crippen molar-refractivity contribution >= 4 is 15.7 Å². The zero-order valence-corrected chi connectivity index (χ0v) is 10.8. The Morgan fingerprint density at radius 3 is 2.47 bits per heavy atom. The minimum Gasteiger partial charge on any atom is -0.349 e. The van der Waals surface area contributed by atoms with Crippen molar-refractivity contribution < 1.29 is 13.2 Å². The Balaban J connectivity index is 1.97. The van der Waals surface area contributed by atoms with Gasteiger partial charge in [-0.25, -0.2) is 8.42 Å². The summed E-state index contributed by atoms with van der Waals surface area (Å²) in [6.45, 7) is 0.443. The molecule has 98 valence electrons. The Morgan fingerprint density at radius 1 is 1.35 bits per heavy atom. The van der Waals surface area contributed by atoms with E-state index in [0.29, 0.717) is 13.0 Å². The quantitative estimate of drug-likeness (QED) is 0.736. The van der Waals surface area contributed by atoms with Gasteiger partial charge in [-0.05, 0) is 19.3 Å². The van der Waals surface area contributed by atoms with Crippen LogP contribution in [0.3, 0.4) is 0 Å². The molecule has 0 aromatic rings. The molecule has 2 rings (SSSR count). The highest BCUT2D eigenvalue weighted by Gasteiger charge is 2.39. The molecule has 6 heteroatoms. The number of hydrogen-bond acceptors (Lipinski definition) is 4. The fourth-order valence-electron chi connectivity index (χ4n) is 2.80. The van der Waals surface area contributed by atoms with E-state index >= 15 is 0 Å². The van der Waals surface area contributed by atoms with Gasteiger partial charge in [0.2, 0.25) is 5.91 Å². The Kier molecular flexibility index (Phi) is 3.45. The molecule has 2 fully saturated rings. The molecular weight excluding hydrogens is 240 g/mol. The molecular formula is C11H20N2O3S. The first kappa shape index (κ1) is 12.8. The number of nitrogens with one attached hydrogen (secondary N) is 1. The van der Waals surface area contributed by atoms with Crippen molar-refractivity contribution in [3.05, 3.63) is 0 Å². The summed E-state index contributed by atoms with van der Waals surface area (Å²) < 4.78 is 22.7. The van der Waals surface area contributed by atoms with Gasteiger partial charge in [-0.3, -0.25) is 4.79 Å². The van der Waals surface area contributed by atoms with Gasteiger partial charge in [0.05, 0.1) is 23.0 Å². The summed E-state index contributed by atoms with van der Waals surface area (Å²) in [7, 11) is -2.99. The summed E-state index contributed by atoms with van der Waals surface area (Å²) in [5.74, 6) is -0.359. The van der Waals surface area contributed by atoms with Crippen molar-refractivity contribution in [1.82, 2.24) is 5.32 Å². The topological polar surface area (TPSA) is 89.3 Å². The average molecular weight is 260 g/mol. The fraction of sp³-hybridized carbons (Fsp3) is 0.909. The van der Waals surface area contributed by atoms with Gasteiger partial charge in [-0.1, -0.05) is 12.8 Å². The highest BCUT2D eigenvalue weighted by atomic mass is 32.2. The molecule has 0 aromatic heterocycles. The van der Waals surface area contributed by atoms with Crippen molar-refractivity contribution in [2.24, 2.45) is 11.7 Å². The van der Waals surface area contributed by atoms with E-state index in [-0.39, 0.29) is 28.9 Å². The predicted octanol–water partition coefficient (Wildman–Crippen LogP) is -0.191. The number of carbonyl (C=O) groups excluding carboxylic acids is 1. The smallest absolute Gasteiger partial charge is 0.224 e. The lowest BCUT2D eigenvalue weighted by atomic mass is 9.96. The maximum Gasteiger partial charge on any atom is 0.224 e. The molecule has 2 aliphatic rings. The first-order valence-electron chi connectivity index (χ1n) is 6.19. The molecule has 0 radical (unpaired) electrons. The van der Waals surface area contributed by atoms with Gasteiger partial charge >= 0.3 is 0 Å². The van der Waals surface area contributed by atoms with Crippen LogP contribution in [0.4, 0.5) is 0 Å². The van der Waals surface area contributed by atoms with Crippen molar-refractivity contribution in [1.29, 1.82) is 0 Å². The number of sulfone groups is 1. The lowest BCUT2D eigenvalue weighted by Gasteiger charge is -2.29. The van der Waals surface area contributed by atoms with Crippen LogP contribution in [0.25, 0.3) is 0 Å². The third-order valence-corrected chi connectivity index (χ3v) is 5.71. The number of nitrogens with two attached hydrogens (primary N) is 1. The third kappa shape index (κ3) is 2.80. The molecule has 0 spiro atoms. The molecule has 1 aliphatic carbocycles. The predicted molar refractivity (Wildman–Crippen MR) is 65.2 cm³/mol. The molecule has 3 N–H and O–H groups in total. The Bertz CT molecular complexity index is 399. The summed E-state index contributed by atoms with van der Waals surface area (Å²) in [6, 6.07) is 0. The third-order valence-electron chi connectivity index (χ3n) is 3.94. The number of hydrogen-bond donors (Lipinski definition) is 2. The largest absolute Gasteiger partial charge is 0.349 e. The molecule has 1 aliphatic heterocycles. The van der Waals surface area contributed by atoms with Crippen molar-refractivity contribution in [3.63, 3.8) is 0 Å². The number of amides is 1. The molecule has 1 atom stereocenters. The monoisotopic (exact) mass is 260 g/mol. The van der Waals surface area contributed by atoms with Gasteiger partial charge in [0.15, 0.2) is 9.84 Å². The fourth-order valence-corrected chi connectivity index (χ4v) is 4.54. The summed E-state index contributed by atoms with van der Waals surface area (Å²) in [4.78, 5) is 12.0. The van der Waals surface area contributed by atoms with Crippen molar-refractivity contribution in [3.8, 4) is 0 Å². The lowest BCUT2D eigenvalue weighted by molar-refractivity contribution is -0.126. The Labute approximate surface area is 102 Å². The molecule has 17 heavy (non-hydrogen) atoms. The summed E-state index contributed by atoms with van der Waals surface area (Å²) in [6.07, 6.45) is 4.44. The molecule has 1 saturated heterocycles. The van der Waals surface area contributed by atoms with Crippen LogP contribution in [0.5, 0.6) is 0 Å². The number of rotatable bonds is 3. The van der Waals surface area contributed by atoms with E-state index in [0.717, 1.165) is 25.7 Å². The summed E-state index contributed by atoms with van der Waals surface area (Å²) in [5, 5.41) is 2.99. The molecule has 1 unspecified atom stereocenters. The molecule has 5 nitrogen and oxygen atoms in total. The van der Waals surface area contributed by atoms with Crippen LogP contribution in [0, 0.1) is 5.92 Å². The van der Waals surface area contributed by atoms with Crippen LogP contribution in [0.1, 0.15) is 32.1 Å². The van der Waals surface area contributed by atoms with Gasteiger partial charge < -0.3 is 11.1 Å². The average Bonchev–Trinajstić information content (AvgIpc) is 2.86. The Morgan fingerprint density at radius 2 is 2.00 bits per heavy atom. The van der Waals surface area contributed by atoms with E-state index in [2.05, 4.69) is 5.32 Å². The van der Waals surface area contributed by atoms with E-state index in [1.807, 2.05) is 0 Å². The zero-order valence-electron chi connectivity index (χ0n) is 9.94. The maximum absolute atomic E-state index is 12.0. The second kappa shape index (κ2) is 4.57. The maximum atomic E-state index is 12.0. The van der Waals surface area contributed by atoms with Crippen LogP contribution in [-0.2, 0) is 14.6 Å². The van der Waals surface area contributed by atoms with Gasteiger partial charge in [0.1, 0.15) is 0 Å². The zero-order chi connectivity index (χ0) is 12.5. The molecule has 0 bridgehead atoms. The molecule has 1 heterocycles. The van der Waals surface area contributed by atoms with Gasteiger partial charge in [-0.2, -0.15) is 0 Å². The number of carbonyl (C=O) groups is 1. The van der Waals surface area contributed by atoms with Gasteiger partial charge in [0, 0.05) is 6.54 Å². The summed E-state index contributed by atoms with van der Waals surface area (Å²) in [5.41, 5.74) is 5.46. The molecule has 1 amide bonds. The van der Waals surface area contributed by atoms with Crippen molar-refractivity contribution in [2.75, 3.05) is 18.1 Å². The minimum atomic E-state index is -2.99. The second-order valence-electron chi connectivity index (χ2n) is 5.28. The van der Waals surface area contributed by atoms with Crippen LogP contribution in [-0.4, -0.2) is 37.9 Å². The SMILES string of the molecule is NCC1(NC(=O)C2CCS(=O)(=O)C2)CCCC1. The van der Waals surface area contributed by atoms with Crippen LogP contribution < -0.4 is 11.1 Å². The lowest BCUT2D eigenvalue weighted by Crippen LogP contribution is -2.53. The van der Waals surface area contributed by atoms with Crippen molar-refractivity contribution in [2.45, 2.75) is 37.6 Å². The van der Waals surface area contributed by atoms with Crippen LogP contribution in [0.2, 0.25) is 0 Å². The molecule has 0 aromatic carbocycles. The van der Waals surface area contributed by atoms with E-state index in [4.69, 9.17) is 5.73 Å². The standard InChI is InChI=1S/C11H20N2O3S/c12-8-11(4-1-2-5-11)13-10(14)9-3-6-17(15,16)7-9/h9H,1-8,12H2,(H,13,14). The van der Waals surface area contributed by atoms with Crippen LogP contribution in [0.15, 0.2) is 0 Å². The van der Waals surface area contributed by atoms with E-state index < -0.39 is 9.84 Å². The van der Waals surface area contributed by atoms with Gasteiger partial charge in [0.25, 0.3) is 0 Å². The highest BCUT2D eigenvalue weighted by molar-refractivity contribution is 7.91. The summed E-state index contributed by atoms with van der Waals surface area (Å²) >= 11 is 0. The highest BCUT2D eigenvalue weighted by Crippen LogP contribution is 2.29. The van der Waals surface area contributed by atoms with Crippen LogP contribution >= 0.6 is 0 Å². The van der Waals surface area contributed by atoms with E-state index in [1.165, 1.54) is 0 Å². The first-order valence-corrected chi connectivity index (χ1v) is 8.01. The first-order chi connectivity index (χ1) is 7.96. The second-order valence-corrected chi connectivity index (χ2v) is 7.51. The minimum absolute atomic E-state index is 0.000511. The van der Waals surface area contributed by atoms with E-state index in [9.17, 15) is 13.2 Å². The van der Waals surface area contributed by atoms with Gasteiger partial charge in [-0.15, -0.1) is 0 Å². The Hall–Kier alpha value is -0.620. The normalized spacial score (nSPS) is 30.3.